The molecule has 0 aromatic rings. The summed E-state index contributed by atoms with van der Waals surface area (Å²) in [6.45, 7) is 4.22. The summed E-state index contributed by atoms with van der Waals surface area (Å²) >= 11 is 1.70. The number of hydrogen-bond donors (Lipinski definition) is 1. The van der Waals surface area contributed by atoms with Gasteiger partial charge in [-0.3, -0.25) is 4.99 Å². The SMILES string of the molecule is CC1CC(C)SC(=NCCF)N1. The Morgan fingerprint density at radius 3 is 3.00 bits per heavy atom. The lowest BCUT2D eigenvalue weighted by Gasteiger charge is -2.26. The molecule has 1 heterocycles. The van der Waals surface area contributed by atoms with Crippen LogP contribution in [0.2, 0.25) is 0 Å². The topological polar surface area (TPSA) is 24.4 Å². The van der Waals surface area contributed by atoms with Gasteiger partial charge in [0, 0.05) is 11.3 Å². The van der Waals surface area contributed by atoms with E-state index in [0.29, 0.717) is 11.3 Å². The molecule has 1 fully saturated rings. The Labute approximate surface area is 77.0 Å². The van der Waals surface area contributed by atoms with Crippen LogP contribution in [0.15, 0.2) is 4.99 Å². The van der Waals surface area contributed by atoms with Crippen molar-refractivity contribution in [2.45, 2.75) is 31.6 Å². The Hall–Kier alpha value is -0.250. The van der Waals surface area contributed by atoms with Gasteiger partial charge in [0.15, 0.2) is 5.17 Å². The van der Waals surface area contributed by atoms with E-state index >= 15 is 0 Å². The van der Waals surface area contributed by atoms with Gasteiger partial charge in [0.2, 0.25) is 0 Å². The zero-order chi connectivity index (χ0) is 8.97. The fraction of sp³-hybridized carbons (Fsp3) is 0.875. The van der Waals surface area contributed by atoms with Gasteiger partial charge in [-0.2, -0.15) is 0 Å². The first kappa shape index (κ1) is 9.84. The molecule has 1 N–H and O–H groups in total. The van der Waals surface area contributed by atoms with Crippen molar-refractivity contribution in [3.05, 3.63) is 0 Å². The van der Waals surface area contributed by atoms with Crippen LogP contribution in [-0.2, 0) is 0 Å². The van der Waals surface area contributed by atoms with E-state index < -0.39 is 0 Å². The van der Waals surface area contributed by atoms with E-state index in [1.54, 1.807) is 11.8 Å². The molecular formula is C8H15FN2S. The van der Waals surface area contributed by atoms with Crippen LogP contribution in [0.1, 0.15) is 20.3 Å². The molecule has 1 aliphatic heterocycles. The number of amidine groups is 1. The fourth-order valence-corrected chi connectivity index (χ4v) is 2.47. The van der Waals surface area contributed by atoms with Gasteiger partial charge in [-0.1, -0.05) is 18.7 Å². The Morgan fingerprint density at radius 2 is 2.42 bits per heavy atom. The predicted molar refractivity (Wildman–Crippen MR) is 52.5 cm³/mol. The van der Waals surface area contributed by atoms with E-state index in [9.17, 15) is 4.39 Å². The molecule has 2 atom stereocenters. The number of alkyl halides is 1. The number of rotatable bonds is 2. The van der Waals surface area contributed by atoms with Crippen LogP contribution < -0.4 is 5.32 Å². The van der Waals surface area contributed by atoms with Gasteiger partial charge in [0.25, 0.3) is 0 Å². The van der Waals surface area contributed by atoms with Crippen molar-refractivity contribution in [2.75, 3.05) is 13.2 Å². The van der Waals surface area contributed by atoms with Crippen LogP contribution in [0.3, 0.4) is 0 Å². The molecule has 0 saturated carbocycles. The number of nitrogens with zero attached hydrogens (tertiary/aromatic N) is 1. The van der Waals surface area contributed by atoms with Crippen LogP contribution in [0, 0.1) is 0 Å². The van der Waals surface area contributed by atoms with Crippen LogP contribution in [-0.4, -0.2) is 29.7 Å². The third-order valence-corrected chi connectivity index (χ3v) is 2.77. The van der Waals surface area contributed by atoms with Gasteiger partial charge < -0.3 is 5.32 Å². The second kappa shape index (κ2) is 4.70. The molecule has 0 aliphatic carbocycles. The molecule has 0 bridgehead atoms. The van der Waals surface area contributed by atoms with E-state index in [-0.39, 0.29) is 13.2 Å². The third kappa shape index (κ3) is 3.01. The molecule has 1 rings (SSSR count). The summed E-state index contributed by atoms with van der Waals surface area (Å²) in [6.07, 6.45) is 1.15. The normalized spacial score (nSPS) is 33.4. The monoisotopic (exact) mass is 190 g/mol. The molecule has 12 heavy (non-hydrogen) atoms. The summed E-state index contributed by atoms with van der Waals surface area (Å²) in [7, 11) is 0. The summed E-state index contributed by atoms with van der Waals surface area (Å²) in [5.41, 5.74) is 0. The van der Waals surface area contributed by atoms with Crippen LogP contribution >= 0.6 is 11.8 Å². The van der Waals surface area contributed by atoms with E-state index in [1.807, 2.05) is 0 Å². The molecule has 0 aromatic carbocycles. The summed E-state index contributed by atoms with van der Waals surface area (Å²) in [5, 5.41) is 4.73. The van der Waals surface area contributed by atoms with Crippen molar-refractivity contribution in [3.63, 3.8) is 0 Å². The van der Waals surface area contributed by atoms with E-state index in [1.165, 1.54) is 0 Å². The van der Waals surface area contributed by atoms with Crippen molar-refractivity contribution >= 4 is 16.9 Å². The van der Waals surface area contributed by atoms with Gasteiger partial charge in [-0.25, -0.2) is 4.39 Å². The minimum absolute atomic E-state index is 0.286. The molecule has 4 heteroatoms. The lowest BCUT2D eigenvalue weighted by molar-refractivity contribution is 0.503. The Bertz CT molecular complexity index is 160. The first-order valence-corrected chi connectivity index (χ1v) is 5.14. The minimum Gasteiger partial charge on any atom is -0.362 e. The average molecular weight is 190 g/mol. The van der Waals surface area contributed by atoms with Crippen LogP contribution in [0.25, 0.3) is 0 Å². The summed E-state index contributed by atoms with van der Waals surface area (Å²) < 4.78 is 11.8. The highest BCUT2D eigenvalue weighted by atomic mass is 32.2. The van der Waals surface area contributed by atoms with Gasteiger partial charge in [0.1, 0.15) is 6.67 Å². The van der Waals surface area contributed by atoms with E-state index in [2.05, 4.69) is 24.2 Å². The number of thioether (sulfide) groups is 1. The molecule has 0 spiro atoms. The Kier molecular flexibility index (Phi) is 3.85. The molecule has 1 saturated heterocycles. The van der Waals surface area contributed by atoms with Crippen molar-refractivity contribution in [1.82, 2.24) is 5.32 Å². The summed E-state index contributed by atoms with van der Waals surface area (Å²) in [5.74, 6) is 0. The highest BCUT2D eigenvalue weighted by Crippen LogP contribution is 2.21. The molecule has 70 valence electrons. The molecule has 0 aromatic heterocycles. The first-order valence-electron chi connectivity index (χ1n) is 4.26. The molecule has 1 aliphatic rings. The Balaban J connectivity index is 2.43. The van der Waals surface area contributed by atoms with Gasteiger partial charge >= 0.3 is 0 Å². The highest BCUT2D eigenvalue weighted by molar-refractivity contribution is 8.14. The van der Waals surface area contributed by atoms with Crippen LogP contribution in [0.4, 0.5) is 4.39 Å². The quantitative estimate of drug-likeness (QED) is 0.718. The predicted octanol–water partition coefficient (Wildman–Crippen LogP) is 1.82. The number of nitrogens with one attached hydrogen (secondary N) is 1. The zero-order valence-corrected chi connectivity index (χ0v) is 8.33. The molecule has 2 unspecified atom stereocenters. The largest absolute Gasteiger partial charge is 0.362 e. The molecule has 0 amide bonds. The lowest BCUT2D eigenvalue weighted by Crippen LogP contribution is -2.38. The van der Waals surface area contributed by atoms with E-state index in [4.69, 9.17) is 0 Å². The molecule has 0 radical (unpaired) electrons. The standard InChI is InChI=1S/C8H15FN2S/c1-6-5-7(2)12-8(11-6)10-4-3-9/h6-7H,3-5H2,1-2H3,(H,10,11). The summed E-state index contributed by atoms with van der Waals surface area (Å²) in [4.78, 5) is 4.10. The van der Waals surface area contributed by atoms with Crippen molar-refractivity contribution in [1.29, 1.82) is 0 Å². The van der Waals surface area contributed by atoms with Gasteiger partial charge in [-0.15, -0.1) is 0 Å². The first-order chi connectivity index (χ1) is 5.72. The lowest BCUT2D eigenvalue weighted by atomic mass is 10.2. The second-order valence-corrected chi connectivity index (χ2v) is 4.51. The average Bonchev–Trinajstić information content (AvgIpc) is 1.99. The van der Waals surface area contributed by atoms with Crippen LogP contribution in [0.5, 0.6) is 0 Å². The van der Waals surface area contributed by atoms with Gasteiger partial charge in [0.05, 0.1) is 6.54 Å². The Morgan fingerprint density at radius 1 is 1.67 bits per heavy atom. The van der Waals surface area contributed by atoms with Gasteiger partial charge in [-0.05, 0) is 13.3 Å². The molecular weight excluding hydrogens is 175 g/mol. The zero-order valence-electron chi connectivity index (χ0n) is 7.51. The maximum Gasteiger partial charge on any atom is 0.157 e. The van der Waals surface area contributed by atoms with E-state index in [0.717, 1.165) is 11.6 Å². The molecule has 2 nitrogen and oxygen atoms in total. The summed E-state index contributed by atoms with van der Waals surface area (Å²) in [6, 6.07) is 0.472. The number of hydrogen-bond acceptors (Lipinski definition) is 2. The number of halogens is 1. The maximum absolute atomic E-state index is 11.8. The smallest absolute Gasteiger partial charge is 0.157 e. The van der Waals surface area contributed by atoms with Crippen molar-refractivity contribution in [3.8, 4) is 0 Å². The van der Waals surface area contributed by atoms with Crippen molar-refractivity contribution in [2.24, 2.45) is 4.99 Å². The fourth-order valence-electron chi connectivity index (χ4n) is 1.27. The maximum atomic E-state index is 11.8. The highest BCUT2D eigenvalue weighted by Gasteiger charge is 2.19. The number of aliphatic imine (C=N–C) groups is 1. The minimum atomic E-state index is -0.367. The third-order valence-electron chi connectivity index (χ3n) is 1.71. The van der Waals surface area contributed by atoms with Crippen molar-refractivity contribution < 1.29 is 4.39 Å². The second-order valence-electron chi connectivity index (χ2n) is 3.09.